The van der Waals surface area contributed by atoms with Crippen LogP contribution in [0.1, 0.15) is 30.8 Å². The number of carbonyl (C=O) groups is 1. The van der Waals surface area contributed by atoms with Gasteiger partial charge in [-0.1, -0.05) is 6.92 Å². The van der Waals surface area contributed by atoms with E-state index in [-0.39, 0.29) is 18.2 Å². The van der Waals surface area contributed by atoms with Gasteiger partial charge in [0.1, 0.15) is 5.82 Å². The third kappa shape index (κ3) is 2.81. The Morgan fingerprint density at radius 2 is 2.11 bits per heavy atom. The number of nitrogens with one attached hydrogen (secondary N) is 1. The number of aromatic amines is 1. The first-order valence-corrected chi connectivity index (χ1v) is 9.53. The Morgan fingerprint density at radius 3 is 2.96 bits per heavy atom. The third-order valence-corrected chi connectivity index (χ3v) is 5.68. The molecule has 8 heteroatoms. The average molecular weight is 375 g/mol. The van der Waals surface area contributed by atoms with Gasteiger partial charge >= 0.3 is 0 Å². The number of H-pyrrole nitrogens is 1. The molecule has 1 amide bonds. The van der Waals surface area contributed by atoms with Crippen molar-refractivity contribution in [1.82, 2.24) is 34.2 Å². The van der Waals surface area contributed by atoms with Gasteiger partial charge in [0, 0.05) is 43.8 Å². The molecule has 5 rings (SSSR count). The van der Waals surface area contributed by atoms with Crippen LogP contribution in [-0.4, -0.2) is 53.2 Å². The summed E-state index contributed by atoms with van der Waals surface area (Å²) in [6.45, 7) is 3.67. The molecule has 0 saturated carbocycles. The van der Waals surface area contributed by atoms with Crippen molar-refractivity contribution in [2.24, 2.45) is 5.92 Å². The minimum Gasteiger partial charge on any atom is -0.345 e. The Hall–Kier alpha value is -3.29. The van der Waals surface area contributed by atoms with E-state index in [9.17, 15) is 4.79 Å². The van der Waals surface area contributed by atoms with Crippen LogP contribution in [0.4, 0.5) is 0 Å². The van der Waals surface area contributed by atoms with Gasteiger partial charge in [-0.15, -0.1) is 0 Å². The van der Waals surface area contributed by atoms with E-state index in [4.69, 9.17) is 4.98 Å². The quantitative estimate of drug-likeness (QED) is 0.593. The average Bonchev–Trinajstić information content (AvgIpc) is 3.35. The van der Waals surface area contributed by atoms with E-state index in [1.165, 1.54) is 0 Å². The molecule has 0 bridgehead atoms. The first kappa shape index (κ1) is 16.9. The number of rotatable bonds is 3. The number of carbonyl (C=O) groups excluding carboxylic acids is 1. The Kier molecular flexibility index (Phi) is 4.03. The number of likely N-dealkylation sites (tertiary alicyclic amines) is 1. The molecule has 8 nitrogen and oxygen atoms in total. The van der Waals surface area contributed by atoms with Gasteiger partial charge in [-0.3, -0.25) is 19.2 Å². The molecule has 1 aliphatic heterocycles. The third-order valence-electron chi connectivity index (χ3n) is 5.68. The van der Waals surface area contributed by atoms with Gasteiger partial charge < -0.3 is 9.88 Å². The lowest BCUT2D eigenvalue weighted by molar-refractivity contribution is -0.132. The van der Waals surface area contributed by atoms with Crippen LogP contribution in [0.2, 0.25) is 0 Å². The van der Waals surface area contributed by atoms with Crippen molar-refractivity contribution in [3.8, 4) is 0 Å². The topological polar surface area (TPSA) is 92.1 Å². The Balaban J connectivity index is 1.45. The molecule has 1 saturated heterocycles. The van der Waals surface area contributed by atoms with Gasteiger partial charge in [0.05, 0.1) is 35.5 Å². The highest BCUT2D eigenvalue weighted by molar-refractivity contribution is 5.78. The van der Waals surface area contributed by atoms with Crippen molar-refractivity contribution in [2.75, 3.05) is 13.1 Å². The Bertz CT molecular complexity index is 1130. The number of piperidine rings is 1. The van der Waals surface area contributed by atoms with Crippen LogP contribution in [-0.2, 0) is 11.2 Å². The smallest absolute Gasteiger partial charge is 0.228 e. The van der Waals surface area contributed by atoms with Gasteiger partial charge in [-0.05, 0) is 18.4 Å². The van der Waals surface area contributed by atoms with Crippen LogP contribution < -0.4 is 0 Å². The number of fused-ring (bicyclic) bond motifs is 3. The lowest BCUT2D eigenvalue weighted by Crippen LogP contribution is -2.43. The summed E-state index contributed by atoms with van der Waals surface area (Å²) in [4.78, 5) is 35.4. The zero-order valence-corrected chi connectivity index (χ0v) is 15.6. The van der Waals surface area contributed by atoms with Gasteiger partial charge in [0.25, 0.3) is 0 Å². The fraction of sp³-hybridized carbons (Fsp3) is 0.350. The summed E-state index contributed by atoms with van der Waals surface area (Å²) < 4.78 is 2.16. The minimum absolute atomic E-state index is 0.0896. The fourth-order valence-electron chi connectivity index (χ4n) is 4.08. The van der Waals surface area contributed by atoms with Crippen molar-refractivity contribution < 1.29 is 4.79 Å². The summed E-state index contributed by atoms with van der Waals surface area (Å²) in [5, 5.41) is 0. The van der Waals surface area contributed by atoms with Crippen molar-refractivity contribution in [3.05, 3.63) is 54.8 Å². The zero-order chi connectivity index (χ0) is 19.1. The van der Waals surface area contributed by atoms with Gasteiger partial charge in [-0.2, -0.15) is 0 Å². The van der Waals surface area contributed by atoms with Crippen LogP contribution >= 0.6 is 0 Å². The molecule has 1 aliphatic rings. The number of aromatic nitrogens is 6. The van der Waals surface area contributed by atoms with Crippen LogP contribution in [0.5, 0.6) is 0 Å². The molecule has 1 N–H and O–H groups in total. The molecule has 2 atom stereocenters. The van der Waals surface area contributed by atoms with Crippen LogP contribution in [0.3, 0.4) is 0 Å². The molecule has 2 unspecified atom stereocenters. The number of nitrogens with zero attached hydrogens (tertiary/aromatic N) is 6. The maximum absolute atomic E-state index is 12.8. The molecule has 142 valence electrons. The summed E-state index contributed by atoms with van der Waals surface area (Å²) in [6, 6.07) is 2.02. The number of imidazole rings is 1. The maximum Gasteiger partial charge on any atom is 0.228 e. The summed E-state index contributed by atoms with van der Waals surface area (Å²) >= 11 is 0. The van der Waals surface area contributed by atoms with E-state index in [1.807, 2.05) is 29.6 Å². The number of hydrogen-bond donors (Lipinski definition) is 1. The first-order valence-electron chi connectivity index (χ1n) is 9.53. The van der Waals surface area contributed by atoms with Gasteiger partial charge in [-0.25, -0.2) is 9.97 Å². The van der Waals surface area contributed by atoms with E-state index in [1.54, 1.807) is 18.6 Å². The minimum atomic E-state index is 0.0896. The lowest BCUT2D eigenvalue weighted by atomic mass is 9.86. The van der Waals surface area contributed by atoms with Crippen molar-refractivity contribution >= 4 is 22.6 Å². The van der Waals surface area contributed by atoms with Crippen molar-refractivity contribution in [2.45, 2.75) is 25.7 Å². The molecule has 5 heterocycles. The van der Waals surface area contributed by atoms with E-state index in [2.05, 4.69) is 31.3 Å². The predicted molar refractivity (Wildman–Crippen MR) is 104 cm³/mol. The molecule has 0 aromatic carbocycles. The highest BCUT2D eigenvalue weighted by Crippen LogP contribution is 2.33. The number of hydrogen-bond acceptors (Lipinski definition) is 5. The van der Waals surface area contributed by atoms with Gasteiger partial charge in [0.15, 0.2) is 5.65 Å². The molecule has 0 radical (unpaired) electrons. The van der Waals surface area contributed by atoms with E-state index in [0.717, 1.165) is 35.5 Å². The second-order valence-corrected chi connectivity index (χ2v) is 7.43. The monoisotopic (exact) mass is 375 g/mol. The van der Waals surface area contributed by atoms with Crippen LogP contribution in [0.25, 0.3) is 16.7 Å². The summed E-state index contributed by atoms with van der Waals surface area (Å²) in [6.07, 6.45) is 11.7. The highest BCUT2D eigenvalue weighted by atomic mass is 16.2. The second-order valence-electron chi connectivity index (χ2n) is 7.43. The number of amides is 1. The molecule has 1 fully saturated rings. The summed E-state index contributed by atoms with van der Waals surface area (Å²) in [5.74, 6) is 1.69. The Morgan fingerprint density at radius 1 is 1.21 bits per heavy atom. The molecule has 4 aromatic heterocycles. The molecule has 0 spiro atoms. The molecule has 0 aliphatic carbocycles. The second kappa shape index (κ2) is 6.70. The maximum atomic E-state index is 12.8. The SMILES string of the molecule is CC1CCN(C(=O)Cc2cnccn2)CC1c1ncc2cnc3[nH]ccc3n12. The van der Waals surface area contributed by atoms with Crippen molar-refractivity contribution in [1.29, 1.82) is 0 Å². The normalized spacial score (nSPS) is 20.1. The summed E-state index contributed by atoms with van der Waals surface area (Å²) in [5.41, 5.74) is 3.53. The summed E-state index contributed by atoms with van der Waals surface area (Å²) in [7, 11) is 0. The molecular formula is C20H21N7O. The Labute approximate surface area is 161 Å². The molecule has 4 aromatic rings. The van der Waals surface area contributed by atoms with Gasteiger partial charge in [0.2, 0.25) is 5.91 Å². The van der Waals surface area contributed by atoms with Crippen LogP contribution in [0, 0.1) is 5.92 Å². The zero-order valence-electron chi connectivity index (χ0n) is 15.6. The fourth-order valence-corrected chi connectivity index (χ4v) is 4.08. The van der Waals surface area contributed by atoms with E-state index in [0.29, 0.717) is 18.2 Å². The first-order chi connectivity index (χ1) is 13.7. The lowest BCUT2D eigenvalue weighted by Gasteiger charge is -2.36. The van der Waals surface area contributed by atoms with Crippen molar-refractivity contribution in [3.63, 3.8) is 0 Å². The predicted octanol–water partition coefficient (Wildman–Crippen LogP) is 2.20. The standard InChI is InChI=1S/C20H21N7O/c1-13-3-7-26(18(28)8-14-9-21-5-6-22-14)12-16(13)20-25-11-15-10-24-19-17(27(15)20)2-4-23-19/h2,4-6,9-11,13,16,23H,3,7-8,12H2,1H3. The van der Waals surface area contributed by atoms with E-state index >= 15 is 0 Å². The largest absolute Gasteiger partial charge is 0.345 e. The highest BCUT2D eigenvalue weighted by Gasteiger charge is 2.33. The van der Waals surface area contributed by atoms with Crippen LogP contribution in [0.15, 0.2) is 43.2 Å². The molecule has 28 heavy (non-hydrogen) atoms. The molecular weight excluding hydrogens is 354 g/mol. The van der Waals surface area contributed by atoms with E-state index < -0.39 is 0 Å².